The Morgan fingerprint density at radius 1 is 1.08 bits per heavy atom. The molecule has 48 heavy (non-hydrogen) atoms. The molecule has 0 spiro atoms. The van der Waals surface area contributed by atoms with Crippen molar-refractivity contribution >= 4 is 40.0 Å². The summed E-state index contributed by atoms with van der Waals surface area (Å²) >= 11 is 1.58. The molecule has 2 aliphatic rings. The number of aryl methyl sites for hydroxylation is 1. The monoisotopic (exact) mass is 673 g/mol. The van der Waals surface area contributed by atoms with Gasteiger partial charge in [-0.15, -0.1) is 11.3 Å². The van der Waals surface area contributed by atoms with Crippen LogP contribution in [0.1, 0.15) is 74.8 Å². The number of nitrogens with one attached hydrogen (secondary N) is 2. The number of likely N-dealkylation sites (tertiary alicyclic amines) is 1. The third-order valence-electron chi connectivity index (χ3n) is 9.18. The first-order chi connectivity index (χ1) is 22.8. The van der Waals surface area contributed by atoms with E-state index in [2.05, 4.69) is 15.6 Å². The molecule has 254 valence electrons. The number of rotatable bonds is 9. The number of nitrogens with two attached hydrogens (primary N) is 1. The summed E-state index contributed by atoms with van der Waals surface area (Å²) < 4.78 is 11.8. The van der Waals surface area contributed by atoms with Crippen molar-refractivity contribution in [1.29, 1.82) is 0 Å². The number of aliphatic hydroxyl groups is 1. The zero-order valence-electron chi connectivity index (χ0n) is 27.9. The van der Waals surface area contributed by atoms with Crippen molar-refractivity contribution in [3.05, 3.63) is 71.1 Å². The summed E-state index contributed by atoms with van der Waals surface area (Å²) in [5.74, 6) is -0.652. The standard InChI is InChI=1S/C36H43N5O6S/c1-19(21-6-8-22(9-7-21)31-20(2)38-18-48-31)39-33(43)28-16-25(42)17-41(28)35(45)32(36(3,4)5)40-34(44)30-13-23-12-26(10-11-29(23)47-30)46-27-14-24(37)15-27/h6-13,18-19,24-25,27-28,32,42H,14-17,37H2,1-5H3,(H,39,43)(H,40,44)/t19-,24?,25+,27?,28-,32+/m0/s1. The van der Waals surface area contributed by atoms with Gasteiger partial charge in [0.1, 0.15) is 29.5 Å². The van der Waals surface area contributed by atoms with Crippen LogP contribution in [0.25, 0.3) is 21.4 Å². The molecule has 4 aromatic rings. The van der Waals surface area contributed by atoms with Gasteiger partial charge in [-0.25, -0.2) is 4.98 Å². The summed E-state index contributed by atoms with van der Waals surface area (Å²) in [5, 5.41) is 17.2. The van der Waals surface area contributed by atoms with Crippen LogP contribution in [0, 0.1) is 12.3 Å². The van der Waals surface area contributed by atoms with Crippen LogP contribution in [-0.4, -0.2) is 69.6 Å². The molecule has 0 radical (unpaired) electrons. The van der Waals surface area contributed by atoms with E-state index in [4.69, 9.17) is 14.9 Å². The maximum Gasteiger partial charge on any atom is 0.287 e. The predicted octanol–water partition coefficient (Wildman–Crippen LogP) is 4.72. The van der Waals surface area contributed by atoms with Gasteiger partial charge < -0.3 is 35.5 Å². The van der Waals surface area contributed by atoms with Crippen LogP contribution in [-0.2, 0) is 9.59 Å². The number of furan rings is 1. The molecular weight excluding hydrogens is 630 g/mol. The lowest BCUT2D eigenvalue weighted by Gasteiger charge is -2.35. The Kier molecular flexibility index (Phi) is 9.34. The lowest BCUT2D eigenvalue weighted by Crippen LogP contribution is -2.57. The van der Waals surface area contributed by atoms with Gasteiger partial charge in [0.05, 0.1) is 28.2 Å². The van der Waals surface area contributed by atoms with Gasteiger partial charge in [0, 0.05) is 24.4 Å². The summed E-state index contributed by atoms with van der Waals surface area (Å²) in [6, 6.07) is 12.9. The maximum atomic E-state index is 14.1. The molecule has 4 atom stereocenters. The molecule has 11 nitrogen and oxygen atoms in total. The van der Waals surface area contributed by atoms with E-state index in [0.717, 1.165) is 34.5 Å². The molecule has 1 saturated heterocycles. The number of β-amino-alcohol motifs (C(OH)–C–C–N with tert-alkyl or cyclic N) is 1. The lowest BCUT2D eigenvalue weighted by molar-refractivity contribution is -0.142. The van der Waals surface area contributed by atoms with Gasteiger partial charge in [-0.1, -0.05) is 45.0 Å². The number of carbonyl (C=O) groups is 3. The maximum absolute atomic E-state index is 14.1. The number of hydrogen-bond donors (Lipinski definition) is 4. The molecule has 3 amide bonds. The highest BCUT2D eigenvalue weighted by atomic mass is 32.1. The van der Waals surface area contributed by atoms with E-state index in [0.29, 0.717) is 16.7 Å². The number of fused-ring (bicyclic) bond motifs is 1. The van der Waals surface area contributed by atoms with E-state index in [1.165, 1.54) is 4.90 Å². The fourth-order valence-electron chi connectivity index (χ4n) is 6.32. The Balaban J connectivity index is 1.13. The van der Waals surface area contributed by atoms with Crippen LogP contribution in [0.15, 0.2) is 58.5 Å². The topological polar surface area (TPSA) is 160 Å². The van der Waals surface area contributed by atoms with Gasteiger partial charge in [-0.05, 0) is 67.5 Å². The Bertz CT molecular complexity index is 1810. The first kappa shape index (κ1) is 33.6. The first-order valence-electron chi connectivity index (χ1n) is 16.3. The quantitative estimate of drug-likeness (QED) is 0.199. The number of benzene rings is 2. The number of thiazole rings is 1. The third kappa shape index (κ3) is 7.11. The van der Waals surface area contributed by atoms with E-state index >= 15 is 0 Å². The number of ether oxygens (including phenoxy) is 1. The van der Waals surface area contributed by atoms with Crippen molar-refractivity contribution in [3.8, 4) is 16.2 Å². The van der Waals surface area contributed by atoms with Gasteiger partial charge in [0.2, 0.25) is 11.8 Å². The van der Waals surface area contributed by atoms with Crippen LogP contribution in [0.4, 0.5) is 0 Å². The fourth-order valence-corrected chi connectivity index (χ4v) is 7.13. The minimum atomic E-state index is -0.999. The minimum Gasteiger partial charge on any atom is -0.490 e. The number of nitrogens with zero attached hydrogens (tertiary/aromatic N) is 2. The highest BCUT2D eigenvalue weighted by molar-refractivity contribution is 7.13. The molecule has 1 saturated carbocycles. The number of hydrogen-bond acceptors (Lipinski definition) is 9. The molecule has 6 rings (SSSR count). The third-order valence-corrected chi connectivity index (χ3v) is 10.2. The Morgan fingerprint density at radius 3 is 2.46 bits per heavy atom. The van der Waals surface area contributed by atoms with Crippen molar-refractivity contribution in [2.24, 2.45) is 11.1 Å². The van der Waals surface area contributed by atoms with Gasteiger partial charge in [0.25, 0.3) is 5.91 Å². The lowest BCUT2D eigenvalue weighted by atomic mass is 9.85. The van der Waals surface area contributed by atoms with Crippen molar-refractivity contribution in [1.82, 2.24) is 20.5 Å². The fraction of sp³-hybridized carbons (Fsp3) is 0.444. The molecule has 1 aliphatic heterocycles. The summed E-state index contributed by atoms with van der Waals surface area (Å²) in [6.45, 7) is 9.35. The van der Waals surface area contributed by atoms with Gasteiger partial charge in [0.15, 0.2) is 5.76 Å². The van der Waals surface area contributed by atoms with Crippen LogP contribution < -0.4 is 21.1 Å². The zero-order chi connectivity index (χ0) is 34.3. The Labute approximate surface area is 283 Å². The molecule has 2 aromatic heterocycles. The van der Waals surface area contributed by atoms with Gasteiger partial charge in [-0.2, -0.15) is 0 Å². The first-order valence-corrected chi connectivity index (χ1v) is 17.2. The number of aromatic nitrogens is 1. The summed E-state index contributed by atoms with van der Waals surface area (Å²) in [5.41, 5.74) is 10.4. The molecule has 12 heteroatoms. The van der Waals surface area contributed by atoms with Crippen molar-refractivity contribution in [3.63, 3.8) is 0 Å². The van der Waals surface area contributed by atoms with E-state index in [-0.39, 0.29) is 42.8 Å². The largest absolute Gasteiger partial charge is 0.490 e. The van der Waals surface area contributed by atoms with E-state index in [1.807, 2.05) is 70.5 Å². The summed E-state index contributed by atoms with van der Waals surface area (Å²) in [4.78, 5) is 48.0. The smallest absolute Gasteiger partial charge is 0.287 e. The summed E-state index contributed by atoms with van der Waals surface area (Å²) in [6.07, 6.45) is 0.906. The normalized spacial score (nSPS) is 22.2. The van der Waals surface area contributed by atoms with E-state index < -0.39 is 35.4 Å². The van der Waals surface area contributed by atoms with Crippen LogP contribution in [0.3, 0.4) is 0 Å². The minimum absolute atomic E-state index is 0.0179. The van der Waals surface area contributed by atoms with Gasteiger partial charge in [-0.3, -0.25) is 14.4 Å². The second-order valence-corrected chi connectivity index (χ2v) is 14.9. The van der Waals surface area contributed by atoms with Crippen LogP contribution in [0.2, 0.25) is 0 Å². The van der Waals surface area contributed by atoms with E-state index in [9.17, 15) is 19.5 Å². The SMILES string of the molecule is Cc1ncsc1-c1ccc([C@H](C)NC(=O)[C@@H]2C[C@@H](O)CN2C(=O)[C@@H](NC(=O)c2cc3cc(OC4CC(N)C4)ccc3o2)C(C)(C)C)cc1. The summed E-state index contributed by atoms with van der Waals surface area (Å²) in [7, 11) is 0. The molecule has 2 fully saturated rings. The molecular formula is C36H43N5O6S. The van der Waals surface area contributed by atoms with Crippen LogP contribution in [0.5, 0.6) is 5.75 Å². The van der Waals surface area contributed by atoms with E-state index in [1.54, 1.807) is 29.5 Å². The Hall–Kier alpha value is -4.26. The predicted molar refractivity (Wildman–Crippen MR) is 184 cm³/mol. The molecule has 0 unspecified atom stereocenters. The number of aliphatic hydroxyl groups excluding tert-OH is 1. The second-order valence-electron chi connectivity index (χ2n) is 14.1. The molecule has 0 bridgehead atoms. The molecule has 2 aromatic carbocycles. The van der Waals surface area contributed by atoms with Crippen molar-refractivity contribution < 1.29 is 28.6 Å². The van der Waals surface area contributed by atoms with Crippen molar-refractivity contribution in [2.75, 3.05) is 6.54 Å². The molecule has 5 N–H and O–H groups in total. The average Bonchev–Trinajstić information content (AvgIpc) is 3.76. The average molecular weight is 674 g/mol. The van der Waals surface area contributed by atoms with Gasteiger partial charge >= 0.3 is 0 Å². The second kappa shape index (κ2) is 13.3. The Morgan fingerprint density at radius 2 is 1.81 bits per heavy atom. The highest BCUT2D eigenvalue weighted by Crippen LogP contribution is 2.31. The zero-order valence-corrected chi connectivity index (χ0v) is 28.7. The number of carbonyl (C=O) groups excluding carboxylic acids is 3. The van der Waals surface area contributed by atoms with Crippen LogP contribution >= 0.6 is 11.3 Å². The number of amides is 3. The highest BCUT2D eigenvalue weighted by Gasteiger charge is 2.45. The molecule has 3 heterocycles. The molecule has 1 aliphatic carbocycles. The van der Waals surface area contributed by atoms with Crippen molar-refractivity contribution in [2.45, 2.75) is 90.3 Å².